The van der Waals surface area contributed by atoms with Gasteiger partial charge in [-0.2, -0.15) is 0 Å². The topological polar surface area (TPSA) is 9.86 Å². The molecule has 0 aliphatic rings. The zero-order valence-corrected chi connectivity index (χ0v) is 25.2. The molecule has 0 aliphatic carbocycles. The van der Waals surface area contributed by atoms with Crippen LogP contribution < -0.4 is 0 Å². The number of para-hydroxylation sites is 4. The molecule has 0 N–H and O–H groups in total. The maximum Gasteiger partial charge on any atom is 0.0541 e. The van der Waals surface area contributed by atoms with Crippen LogP contribution in [0, 0.1) is 0 Å². The van der Waals surface area contributed by atoms with Gasteiger partial charge in [0.15, 0.2) is 0 Å². The van der Waals surface area contributed by atoms with Gasteiger partial charge in [-0.3, -0.25) is 0 Å². The van der Waals surface area contributed by atoms with Gasteiger partial charge in [0, 0.05) is 32.9 Å². The van der Waals surface area contributed by atoms with Crippen LogP contribution in [-0.2, 0) is 0 Å². The van der Waals surface area contributed by atoms with Crippen LogP contribution in [0.5, 0.6) is 0 Å². The fourth-order valence-corrected chi connectivity index (χ4v) is 6.92. The van der Waals surface area contributed by atoms with Crippen LogP contribution in [0.2, 0.25) is 0 Å². The molecule has 9 aromatic rings. The molecule has 0 saturated carbocycles. The summed E-state index contributed by atoms with van der Waals surface area (Å²) in [5, 5.41) is 5.13. The van der Waals surface area contributed by atoms with E-state index in [9.17, 15) is 0 Å². The largest absolute Gasteiger partial charge is 0.309 e. The first-order valence-electron chi connectivity index (χ1n) is 15.8. The van der Waals surface area contributed by atoms with Crippen molar-refractivity contribution in [3.05, 3.63) is 181 Å². The second-order valence-corrected chi connectivity index (χ2v) is 11.8. The second kappa shape index (κ2) is 10.8. The van der Waals surface area contributed by atoms with Crippen LogP contribution in [0.15, 0.2) is 170 Å². The number of hydrogen-bond donors (Lipinski definition) is 0. The van der Waals surface area contributed by atoms with Gasteiger partial charge >= 0.3 is 0 Å². The molecule has 2 nitrogen and oxygen atoms in total. The molecule has 0 amide bonds. The van der Waals surface area contributed by atoms with Gasteiger partial charge in [-0.05, 0) is 70.8 Å². The van der Waals surface area contributed by atoms with E-state index in [1.54, 1.807) is 0 Å². The van der Waals surface area contributed by atoms with Gasteiger partial charge in [-0.15, -0.1) is 0 Å². The molecule has 0 bridgehead atoms. The average molecular weight is 587 g/mol. The highest BCUT2D eigenvalue weighted by molar-refractivity contribution is 6.10. The van der Waals surface area contributed by atoms with E-state index in [2.05, 4.69) is 191 Å². The van der Waals surface area contributed by atoms with Gasteiger partial charge < -0.3 is 9.13 Å². The molecule has 216 valence electrons. The molecule has 0 aliphatic heterocycles. The molecule has 0 radical (unpaired) electrons. The van der Waals surface area contributed by atoms with E-state index in [-0.39, 0.29) is 0 Å². The summed E-state index contributed by atoms with van der Waals surface area (Å²) in [5.41, 5.74) is 12.0. The van der Waals surface area contributed by atoms with Crippen LogP contribution in [0.1, 0.15) is 11.1 Å². The Morgan fingerprint density at radius 1 is 0.283 bits per heavy atom. The standard InChI is InChI=1S/C44H30N2/c1-5-13-41-37(9-1)38-10-2-6-14-42(38)45(41)35-27-21-32(22-28-35)18-17-31-19-23-33(24-20-31)34-25-29-36(30-26-34)46-43-15-7-3-11-39(43)40-12-4-8-16-44(40)46/h1-30H. The summed E-state index contributed by atoms with van der Waals surface area (Å²) in [6.45, 7) is 0. The summed E-state index contributed by atoms with van der Waals surface area (Å²) >= 11 is 0. The highest BCUT2D eigenvalue weighted by Crippen LogP contribution is 2.34. The molecule has 9 rings (SSSR count). The number of hydrogen-bond acceptors (Lipinski definition) is 0. The minimum atomic E-state index is 1.17. The molecule has 2 heterocycles. The Labute approximate surface area is 267 Å². The maximum absolute atomic E-state index is 2.36. The smallest absolute Gasteiger partial charge is 0.0541 e. The number of fused-ring (bicyclic) bond motifs is 6. The van der Waals surface area contributed by atoms with Crippen LogP contribution in [0.3, 0.4) is 0 Å². The molecule has 46 heavy (non-hydrogen) atoms. The Bertz CT molecular complexity index is 2440. The van der Waals surface area contributed by atoms with Gasteiger partial charge in [0.2, 0.25) is 0 Å². The highest BCUT2D eigenvalue weighted by Gasteiger charge is 2.12. The van der Waals surface area contributed by atoms with Gasteiger partial charge in [-0.25, -0.2) is 0 Å². The number of aromatic nitrogens is 2. The van der Waals surface area contributed by atoms with Gasteiger partial charge in [0.05, 0.1) is 22.1 Å². The summed E-state index contributed by atoms with van der Waals surface area (Å²) in [7, 11) is 0. The summed E-state index contributed by atoms with van der Waals surface area (Å²) < 4.78 is 4.71. The first-order chi connectivity index (χ1) is 22.8. The molecule has 0 unspecified atom stereocenters. The van der Waals surface area contributed by atoms with Crippen molar-refractivity contribution in [2.75, 3.05) is 0 Å². The van der Waals surface area contributed by atoms with Crippen LogP contribution >= 0.6 is 0 Å². The van der Waals surface area contributed by atoms with E-state index in [1.165, 1.54) is 77.2 Å². The lowest BCUT2D eigenvalue weighted by molar-refractivity contribution is 1.18. The fourth-order valence-electron chi connectivity index (χ4n) is 6.92. The van der Waals surface area contributed by atoms with Crippen LogP contribution in [0.25, 0.3) is 78.3 Å². The van der Waals surface area contributed by atoms with E-state index >= 15 is 0 Å². The minimum Gasteiger partial charge on any atom is -0.309 e. The van der Waals surface area contributed by atoms with Crippen LogP contribution in [-0.4, -0.2) is 9.13 Å². The summed E-state index contributed by atoms with van der Waals surface area (Å²) in [6.07, 6.45) is 4.37. The number of rotatable bonds is 5. The third-order valence-electron chi connectivity index (χ3n) is 9.15. The minimum absolute atomic E-state index is 1.17. The summed E-state index contributed by atoms with van der Waals surface area (Å²) in [5.74, 6) is 0. The van der Waals surface area contributed by atoms with Gasteiger partial charge in [0.1, 0.15) is 0 Å². The molecule has 0 atom stereocenters. The van der Waals surface area contributed by atoms with E-state index < -0.39 is 0 Å². The highest BCUT2D eigenvalue weighted by atomic mass is 15.0. The molecule has 2 aromatic heterocycles. The first-order valence-corrected chi connectivity index (χ1v) is 15.8. The molecular formula is C44H30N2. The lowest BCUT2D eigenvalue weighted by atomic mass is 10.0. The molecule has 0 spiro atoms. The SMILES string of the molecule is C(=Cc1ccc(-n2c3ccccc3c3ccccc32)cc1)c1ccc(-c2ccc(-n3c4ccccc4c4ccccc43)cc2)cc1. The van der Waals surface area contributed by atoms with E-state index in [0.29, 0.717) is 0 Å². The van der Waals surface area contributed by atoms with E-state index in [0.717, 1.165) is 0 Å². The summed E-state index contributed by atoms with van der Waals surface area (Å²) in [4.78, 5) is 0. The van der Waals surface area contributed by atoms with Gasteiger partial charge in [0.25, 0.3) is 0 Å². The van der Waals surface area contributed by atoms with Crippen molar-refractivity contribution in [2.24, 2.45) is 0 Å². The molecule has 7 aromatic carbocycles. The molecular weight excluding hydrogens is 556 g/mol. The van der Waals surface area contributed by atoms with Crippen molar-refractivity contribution in [2.45, 2.75) is 0 Å². The summed E-state index contributed by atoms with van der Waals surface area (Å²) in [6, 6.07) is 61.1. The average Bonchev–Trinajstić information content (AvgIpc) is 3.65. The third kappa shape index (κ3) is 4.35. The second-order valence-electron chi connectivity index (χ2n) is 11.8. The Balaban J connectivity index is 0.954. The monoisotopic (exact) mass is 586 g/mol. The first kappa shape index (κ1) is 26.3. The van der Waals surface area contributed by atoms with Crippen molar-refractivity contribution in [1.29, 1.82) is 0 Å². The predicted octanol–water partition coefficient (Wildman–Crippen LogP) is 11.7. The zero-order valence-electron chi connectivity index (χ0n) is 25.2. The van der Waals surface area contributed by atoms with E-state index in [4.69, 9.17) is 0 Å². The maximum atomic E-state index is 2.36. The third-order valence-corrected chi connectivity index (χ3v) is 9.15. The Morgan fingerprint density at radius 3 is 0.935 bits per heavy atom. The quantitative estimate of drug-likeness (QED) is 0.178. The lowest BCUT2D eigenvalue weighted by Gasteiger charge is -2.09. The van der Waals surface area contributed by atoms with Gasteiger partial charge in [-0.1, -0.05) is 133 Å². The van der Waals surface area contributed by atoms with Crippen molar-refractivity contribution in [3.63, 3.8) is 0 Å². The normalized spacial score (nSPS) is 11.8. The molecule has 2 heteroatoms. The van der Waals surface area contributed by atoms with Crippen molar-refractivity contribution < 1.29 is 0 Å². The predicted molar refractivity (Wildman–Crippen MR) is 196 cm³/mol. The number of nitrogens with zero attached hydrogens (tertiary/aromatic N) is 2. The van der Waals surface area contributed by atoms with Crippen molar-refractivity contribution >= 4 is 55.8 Å². The Morgan fingerprint density at radius 2 is 0.565 bits per heavy atom. The number of benzene rings is 7. The molecule has 0 saturated heterocycles. The van der Waals surface area contributed by atoms with E-state index in [1.807, 2.05) is 0 Å². The zero-order chi connectivity index (χ0) is 30.5. The van der Waals surface area contributed by atoms with Crippen molar-refractivity contribution in [1.82, 2.24) is 9.13 Å². The van der Waals surface area contributed by atoms with Crippen molar-refractivity contribution in [3.8, 4) is 22.5 Å². The Kier molecular flexibility index (Phi) is 6.17. The lowest BCUT2D eigenvalue weighted by Crippen LogP contribution is -1.93. The molecule has 0 fully saturated rings. The van der Waals surface area contributed by atoms with Crippen LogP contribution in [0.4, 0.5) is 0 Å². The fraction of sp³-hybridized carbons (Fsp3) is 0. The Hall–Kier alpha value is -6.12.